The number of nitrogens with one attached hydrogen (secondary N) is 1. The van der Waals surface area contributed by atoms with Crippen molar-refractivity contribution in [3.8, 4) is 0 Å². The quantitative estimate of drug-likeness (QED) is 0.594. The van der Waals surface area contributed by atoms with Gasteiger partial charge in [-0.05, 0) is 37.0 Å². The van der Waals surface area contributed by atoms with E-state index < -0.39 is 24.5 Å². The van der Waals surface area contributed by atoms with Crippen molar-refractivity contribution in [3.05, 3.63) is 53.2 Å². The Kier molecular flexibility index (Phi) is 7.34. The molecule has 0 saturated heterocycles. The van der Waals surface area contributed by atoms with Crippen molar-refractivity contribution in [2.45, 2.75) is 50.2 Å². The number of aromatic nitrogens is 2. The fraction of sp³-hybridized carbons (Fsp3) is 0.450. The van der Waals surface area contributed by atoms with Crippen LogP contribution in [0.3, 0.4) is 0 Å². The SMILES string of the molecule is C=C(CCNC(=O)[C@@H](O)Cc1ccc(Cl)cc1)c1nnc(C2CC(OC(F)(F)F)C2)o1. The summed E-state index contributed by atoms with van der Waals surface area (Å²) < 4.78 is 46.0. The van der Waals surface area contributed by atoms with Gasteiger partial charge in [0.1, 0.15) is 6.10 Å². The topological polar surface area (TPSA) is 97.5 Å². The van der Waals surface area contributed by atoms with Gasteiger partial charge in [-0.2, -0.15) is 0 Å². The van der Waals surface area contributed by atoms with E-state index in [-0.39, 0.29) is 43.5 Å². The maximum atomic E-state index is 12.2. The van der Waals surface area contributed by atoms with Crippen LogP contribution in [-0.2, 0) is 16.0 Å². The van der Waals surface area contributed by atoms with Crippen LogP contribution in [0.5, 0.6) is 0 Å². The van der Waals surface area contributed by atoms with Crippen molar-refractivity contribution in [3.63, 3.8) is 0 Å². The lowest BCUT2D eigenvalue weighted by Gasteiger charge is -2.32. The highest BCUT2D eigenvalue weighted by Gasteiger charge is 2.42. The minimum atomic E-state index is -4.66. The second-order valence-electron chi connectivity index (χ2n) is 7.29. The molecule has 31 heavy (non-hydrogen) atoms. The highest BCUT2D eigenvalue weighted by Crippen LogP contribution is 2.41. The third kappa shape index (κ3) is 6.78. The van der Waals surface area contributed by atoms with Crippen molar-refractivity contribution in [1.82, 2.24) is 15.5 Å². The van der Waals surface area contributed by atoms with E-state index in [4.69, 9.17) is 16.0 Å². The number of amides is 1. The molecule has 7 nitrogen and oxygen atoms in total. The van der Waals surface area contributed by atoms with Crippen LogP contribution in [0.15, 0.2) is 35.3 Å². The molecular weight excluding hydrogens is 439 g/mol. The number of carbonyl (C=O) groups excluding carboxylic acids is 1. The normalized spacial score (nSPS) is 19.5. The molecule has 1 fully saturated rings. The number of carbonyl (C=O) groups is 1. The van der Waals surface area contributed by atoms with Crippen LogP contribution < -0.4 is 5.32 Å². The summed E-state index contributed by atoms with van der Waals surface area (Å²) in [7, 11) is 0. The number of halogens is 4. The summed E-state index contributed by atoms with van der Waals surface area (Å²) in [5, 5.41) is 20.9. The molecular formula is C20H21ClF3N3O4. The third-order valence-corrected chi connectivity index (χ3v) is 5.11. The molecule has 2 N–H and O–H groups in total. The van der Waals surface area contributed by atoms with Crippen LogP contribution in [-0.4, -0.2) is 46.3 Å². The van der Waals surface area contributed by atoms with Crippen molar-refractivity contribution in [1.29, 1.82) is 0 Å². The Morgan fingerprint density at radius 3 is 2.65 bits per heavy atom. The standard InChI is InChI=1S/C20H21ClF3N3O4/c1-11(6-7-25-17(29)16(28)8-12-2-4-14(21)5-3-12)18-26-27-19(30-18)13-9-15(10-13)31-20(22,23)24/h2-5,13,15-16,28H,1,6-10H2,(H,25,29)/t13?,15?,16-/m0/s1. The van der Waals surface area contributed by atoms with E-state index >= 15 is 0 Å². The molecule has 11 heteroatoms. The van der Waals surface area contributed by atoms with Gasteiger partial charge in [-0.3, -0.25) is 9.53 Å². The lowest BCUT2D eigenvalue weighted by Crippen LogP contribution is -2.36. The summed E-state index contributed by atoms with van der Waals surface area (Å²) in [5.41, 5.74) is 1.24. The first-order chi connectivity index (χ1) is 14.6. The van der Waals surface area contributed by atoms with Gasteiger partial charge in [0.05, 0.1) is 6.10 Å². The lowest BCUT2D eigenvalue weighted by atomic mass is 9.82. The zero-order valence-corrected chi connectivity index (χ0v) is 17.1. The Hall–Kier alpha value is -2.43. The molecule has 1 amide bonds. The largest absolute Gasteiger partial charge is 0.522 e. The predicted octanol–water partition coefficient (Wildman–Crippen LogP) is 3.63. The smallest absolute Gasteiger partial charge is 0.421 e. The molecule has 1 aliphatic carbocycles. The van der Waals surface area contributed by atoms with Crippen LogP contribution in [0.2, 0.25) is 5.02 Å². The Morgan fingerprint density at radius 2 is 2.00 bits per heavy atom. The average molecular weight is 460 g/mol. The first-order valence-electron chi connectivity index (χ1n) is 9.57. The van der Waals surface area contributed by atoms with E-state index in [1.807, 2.05) is 0 Å². The van der Waals surface area contributed by atoms with Crippen LogP contribution in [0.25, 0.3) is 5.57 Å². The monoisotopic (exact) mass is 459 g/mol. The number of aliphatic hydroxyl groups is 1. The number of alkyl halides is 3. The number of nitrogens with zero attached hydrogens (tertiary/aromatic N) is 2. The van der Waals surface area contributed by atoms with Crippen LogP contribution in [0, 0.1) is 0 Å². The molecule has 0 unspecified atom stereocenters. The fourth-order valence-corrected chi connectivity index (χ4v) is 3.22. The molecule has 1 aliphatic rings. The number of benzene rings is 1. The third-order valence-electron chi connectivity index (χ3n) is 4.86. The molecule has 168 valence electrons. The maximum Gasteiger partial charge on any atom is 0.522 e. The summed E-state index contributed by atoms with van der Waals surface area (Å²) in [6.07, 6.45) is -6.03. The first-order valence-corrected chi connectivity index (χ1v) is 9.95. The number of hydrogen-bond donors (Lipinski definition) is 2. The van der Waals surface area contributed by atoms with Crippen LogP contribution in [0.1, 0.15) is 42.5 Å². The highest BCUT2D eigenvalue weighted by atomic mass is 35.5. The van der Waals surface area contributed by atoms with Gasteiger partial charge in [0, 0.05) is 29.5 Å². The highest BCUT2D eigenvalue weighted by molar-refractivity contribution is 6.30. The van der Waals surface area contributed by atoms with Gasteiger partial charge in [-0.25, -0.2) is 0 Å². The number of aliphatic hydroxyl groups excluding tert-OH is 1. The fourth-order valence-electron chi connectivity index (χ4n) is 3.09. The molecule has 1 saturated carbocycles. The molecule has 2 aromatic rings. The number of hydrogen-bond acceptors (Lipinski definition) is 6. The predicted molar refractivity (Wildman–Crippen MR) is 105 cm³/mol. The van der Waals surface area contributed by atoms with Gasteiger partial charge in [0.15, 0.2) is 0 Å². The minimum Gasteiger partial charge on any atom is -0.421 e. The van der Waals surface area contributed by atoms with Crippen molar-refractivity contribution in [2.24, 2.45) is 0 Å². The zero-order valence-electron chi connectivity index (χ0n) is 16.4. The lowest BCUT2D eigenvalue weighted by molar-refractivity contribution is -0.352. The first kappa shape index (κ1) is 23.2. The van der Waals surface area contributed by atoms with Crippen molar-refractivity contribution >= 4 is 23.1 Å². The summed E-state index contributed by atoms with van der Waals surface area (Å²) in [6, 6.07) is 6.81. The second-order valence-corrected chi connectivity index (χ2v) is 7.73. The molecule has 1 heterocycles. The number of ether oxygens (including phenoxy) is 1. The molecule has 1 aromatic carbocycles. The van der Waals surface area contributed by atoms with Crippen molar-refractivity contribution < 1.29 is 32.2 Å². The molecule has 0 bridgehead atoms. The number of rotatable bonds is 9. The zero-order chi connectivity index (χ0) is 22.6. The Labute approximate surface area is 181 Å². The van der Waals surface area contributed by atoms with Gasteiger partial charge in [0.25, 0.3) is 0 Å². The molecule has 3 rings (SSSR count). The molecule has 0 radical (unpaired) electrons. The van der Waals surface area contributed by atoms with E-state index in [1.54, 1.807) is 24.3 Å². The molecule has 0 spiro atoms. The van der Waals surface area contributed by atoms with Gasteiger partial charge in [0.2, 0.25) is 17.7 Å². The van der Waals surface area contributed by atoms with Crippen molar-refractivity contribution in [2.75, 3.05) is 6.54 Å². The average Bonchev–Trinajstić information content (AvgIpc) is 3.15. The summed E-state index contributed by atoms with van der Waals surface area (Å²) >= 11 is 5.81. The van der Waals surface area contributed by atoms with E-state index in [1.165, 1.54) is 0 Å². The molecule has 1 aromatic heterocycles. The van der Waals surface area contributed by atoms with Gasteiger partial charge < -0.3 is 14.8 Å². The minimum absolute atomic E-state index is 0.148. The van der Waals surface area contributed by atoms with Gasteiger partial charge >= 0.3 is 6.36 Å². The van der Waals surface area contributed by atoms with Gasteiger partial charge in [-0.1, -0.05) is 30.3 Å². The Morgan fingerprint density at radius 1 is 1.32 bits per heavy atom. The summed E-state index contributed by atoms with van der Waals surface area (Å²) in [5.74, 6) is -0.421. The van der Waals surface area contributed by atoms with E-state index in [9.17, 15) is 23.1 Å². The summed E-state index contributed by atoms with van der Waals surface area (Å²) in [6.45, 7) is 4.02. The maximum absolute atomic E-state index is 12.2. The van der Waals surface area contributed by atoms with Gasteiger partial charge in [-0.15, -0.1) is 23.4 Å². The molecule has 0 aliphatic heterocycles. The second kappa shape index (κ2) is 9.80. The molecule has 1 atom stereocenters. The Bertz CT molecular complexity index is 911. The van der Waals surface area contributed by atoms with E-state index in [0.717, 1.165) is 5.56 Å². The van der Waals surface area contributed by atoms with E-state index in [2.05, 4.69) is 26.8 Å². The van der Waals surface area contributed by atoms with Crippen LogP contribution >= 0.6 is 11.6 Å². The Balaban J connectivity index is 1.39. The summed E-state index contributed by atoms with van der Waals surface area (Å²) in [4.78, 5) is 12.0. The van der Waals surface area contributed by atoms with E-state index in [0.29, 0.717) is 17.0 Å². The van der Waals surface area contributed by atoms with Crippen LogP contribution in [0.4, 0.5) is 13.2 Å².